The summed E-state index contributed by atoms with van der Waals surface area (Å²) in [7, 11) is -3.29. The molecule has 0 aromatic heterocycles. The normalized spacial score (nSPS) is 14.6. The van der Waals surface area contributed by atoms with Gasteiger partial charge in [-0.3, -0.25) is 4.79 Å². The molecule has 0 radical (unpaired) electrons. The maximum Gasteiger partial charge on any atom is 0.320 e. The fraction of sp³-hybridized carbons (Fsp3) is 0.533. The summed E-state index contributed by atoms with van der Waals surface area (Å²) in [6.45, 7) is 4.17. The molecule has 0 heterocycles. The first-order chi connectivity index (χ1) is 9.88. The van der Waals surface area contributed by atoms with E-state index in [9.17, 15) is 13.2 Å². The van der Waals surface area contributed by atoms with Gasteiger partial charge in [-0.2, -0.15) is 0 Å². The lowest BCUT2D eigenvalue weighted by molar-refractivity contribution is -0.140. The first-order valence-electron chi connectivity index (χ1n) is 7.12. The summed E-state index contributed by atoms with van der Waals surface area (Å²) >= 11 is 0. The minimum Gasteiger partial charge on any atom is -0.480 e. The summed E-state index contributed by atoms with van der Waals surface area (Å²) in [4.78, 5) is 11.4. The van der Waals surface area contributed by atoms with Crippen LogP contribution in [-0.2, 0) is 14.6 Å². The zero-order chi connectivity index (χ0) is 15.9. The van der Waals surface area contributed by atoms with Gasteiger partial charge in [-0.05, 0) is 31.0 Å². The average molecular weight is 313 g/mol. The third kappa shape index (κ3) is 5.47. The van der Waals surface area contributed by atoms with Gasteiger partial charge in [-0.15, -0.1) is 0 Å². The molecular formula is C15H23NO4S. The highest BCUT2D eigenvalue weighted by Crippen LogP contribution is 2.11. The molecule has 0 unspecified atom stereocenters. The second kappa shape index (κ2) is 8.14. The van der Waals surface area contributed by atoms with Crippen molar-refractivity contribution in [1.82, 2.24) is 5.32 Å². The number of aliphatic carboxylic acids is 1. The van der Waals surface area contributed by atoms with Crippen LogP contribution >= 0.6 is 0 Å². The van der Waals surface area contributed by atoms with Crippen LogP contribution in [-0.4, -0.2) is 37.8 Å². The zero-order valence-electron chi connectivity index (χ0n) is 12.5. The molecule has 0 fully saturated rings. The van der Waals surface area contributed by atoms with Gasteiger partial charge in [0.2, 0.25) is 0 Å². The second-order valence-electron chi connectivity index (χ2n) is 5.14. The molecule has 2 atom stereocenters. The van der Waals surface area contributed by atoms with Crippen LogP contribution in [0.2, 0.25) is 0 Å². The monoisotopic (exact) mass is 313 g/mol. The Kier molecular flexibility index (Phi) is 6.84. The molecule has 1 aromatic carbocycles. The van der Waals surface area contributed by atoms with E-state index in [1.165, 1.54) is 0 Å². The Hall–Kier alpha value is -1.40. The van der Waals surface area contributed by atoms with E-state index in [0.29, 0.717) is 17.9 Å². The van der Waals surface area contributed by atoms with Gasteiger partial charge in [0, 0.05) is 0 Å². The van der Waals surface area contributed by atoms with Crippen molar-refractivity contribution in [3.05, 3.63) is 30.3 Å². The average Bonchev–Trinajstić information content (AvgIpc) is 2.47. The summed E-state index contributed by atoms with van der Waals surface area (Å²) in [5, 5.41) is 12.1. The first-order valence-corrected chi connectivity index (χ1v) is 8.77. The highest BCUT2D eigenvalue weighted by molar-refractivity contribution is 7.91. The number of sulfone groups is 1. The lowest BCUT2D eigenvalue weighted by Crippen LogP contribution is -2.42. The molecule has 2 N–H and O–H groups in total. The Morgan fingerprint density at radius 1 is 1.29 bits per heavy atom. The van der Waals surface area contributed by atoms with Crippen molar-refractivity contribution in [2.75, 3.05) is 12.3 Å². The van der Waals surface area contributed by atoms with E-state index in [0.717, 1.165) is 6.42 Å². The van der Waals surface area contributed by atoms with Crippen molar-refractivity contribution in [1.29, 1.82) is 0 Å². The van der Waals surface area contributed by atoms with E-state index < -0.39 is 21.8 Å². The number of carboxylic acids is 1. The largest absolute Gasteiger partial charge is 0.480 e. The molecule has 0 amide bonds. The summed E-state index contributed by atoms with van der Waals surface area (Å²) in [5.74, 6) is -0.875. The predicted octanol–water partition coefficient (Wildman–Crippen LogP) is 1.94. The van der Waals surface area contributed by atoms with Crippen molar-refractivity contribution in [2.24, 2.45) is 5.92 Å². The number of carboxylic acid groups (broad SMARTS) is 1. The van der Waals surface area contributed by atoms with E-state index in [4.69, 9.17) is 5.11 Å². The third-order valence-electron chi connectivity index (χ3n) is 3.54. The summed E-state index contributed by atoms with van der Waals surface area (Å²) < 4.78 is 24.1. The molecule has 6 heteroatoms. The van der Waals surface area contributed by atoms with Gasteiger partial charge in [0.25, 0.3) is 0 Å². The first kappa shape index (κ1) is 17.7. The Morgan fingerprint density at radius 2 is 1.90 bits per heavy atom. The van der Waals surface area contributed by atoms with E-state index in [1.807, 2.05) is 13.8 Å². The molecule has 5 nitrogen and oxygen atoms in total. The Bertz CT molecular complexity index is 542. The molecule has 0 bridgehead atoms. The topological polar surface area (TPSA) is 83.5 Å². The summed E-state index contributed by atoms with van der Waals surface area (Å²) in [6.07, 6.45) is 1.14. The van der Waals surface area contributed by atoms with E-state index >= 15 is 0 Å². The zero-order valence-corrected chi connectivity index (χ0v) is 13.3. The van der Waals surface area contributed by atoms with Crippen molar-refractivity contribution >= 4 is 15.8 Å². The maximum absolute atomic E-state index is 12.1. The van der Waals surface area contributed by atoms with Crippen LogP contribution in [0.4, 0.5) is 0 Å². The lowest BCUT2D eigenvalue weighted by Gasteiger charge is -2.20. The molecule has 0 aliphatic carbocycles. The van der Waals surface area contributed by atoms with Gasteiger partial charge in [0.15, 0.2) is 9.84 Å². The third-order valence-corrected chi connectivity index (χ3v) is 5.35. The van der Waals surface area contributed by atoms with E-state index in [1.54, 1.807) is 30.3 Å². The Balaban J connectivity index is 2.48. The summed E-state index contributed by atoms with van der Waals surface area (Å²) in [5.41, 5.74) is 0. The quantitative estimate of drug-likeness (QED) is 0.681. The van der Waals surface area contributed by atoms with Crippen LogP contribution in [0.5, 0.6) is 0 Å². The number of rotatable bonds is 9. The molecule has 21 heavy (non-hydrogen) atoms. The van der Waals surface area contributed by atoms with Crippen molar-refractivity contribution in [2.45, 2.75) is 37.6 Å². The Morgan fingerprint density at radius 3 is 2.43 bits per heavy atom. The van der Waals surface area contributed by atoms with Gasteiger partial charge in [-0.25, -0.2) is 8.42 Å². The van der Waals surface area contributed by atoms with E-state index in [-0.39, 0.29) is 11.7 Å². The molecule has 1 rings (SSSR count). The standard InChI is InChI=1S/C15H23NO4S/c1-3-12(2)14(15(17)18)16-10-7-11-21(19,20)13-8-5-4-6-9-13/h4-6,8-9,12,14,16H,3,7,10-11H2,1-2H3,(H,17,18)/t12-,14-/m0/s1. The van der Waals surface area contributed by atoms with Gasteiger partial charge in [0.05, 0.1) is 10.6 Å². The molecule has 0 aliphatic rings. The highest BCUT2D eigenvalue weighted by atomic mass is 32.2. The van der Waals surface area contributed by atoms with Gasteiger partial charge in [0.1, 0.15) is 6.04 Å². The number of nitrogens with one attached hydrogen (secondary N) is 1. The van der Waals surface area contributed by atoms with Crippen LogP contribution < -0.4 is 5.32 Å². The Labute approximate surface area is 126 Å². The van der Waals surface area contributed by atoms with Crippen LogP contribution in [0.25, 0.3) is 0 Å². The van der Waals surface area contributed by atoms with Crippen LogP contribution in [0.3, 0.4) is 0 Å². The molecule has 1 aromatic rings. The fourth-order valence-electron chi connectivity index (χ4n) is 2.03. The van der Waals surface area contributed by atoms with Gasteiger partial charge >= 0.3 is 5.97 Å². The number of hydrogen-bond donors (Lipinski definition) is 2. The molecule has 0 saturated carbocycles. The predicted molar refractivity (Wildman–Crippen MR) is 82.0 cm³/mol. The van der Waals surface area contributed by atoms with Gasteiger partial charge in [-0.1, -0.05) is 38.5 Å². The lowest BCUT2D eigenvalue weighted by atomic mass is 9.99. The van der Waals surface area contributed by atoms with Crippen molar-refractivity contribution in [3.63, 3.8) is 0 Å². The van der Waals surface area contributed by atoms with Crippen LogP contribution in [0, 0.1) is 5.92 Å². The fourth-order valence-corrected chi connectivity index (χ4v) is 3.36. The van der Waals surface area contributed by atoms with Gasteiger partial charge < -0.3 is 10.4 Å². The van der Waals surface area contributed by atoms with Crippen LogP contribution in [0.15, 0.2) is 35.2 Å². The smallest absolute Gasteiger partial charge is 0.320 e. The molecule has 0 saturated heterocycles. The summed E-state index contributed by atoms with van der Waals surface area (Å²) in [6, 6.07) is 7.66. The van der Waals surface area contributed by atoms with Crippen molar-refractivity contribution in [3.8, 4) is 0 Å². The molecule has 0 spiro atoms. The second-order valence-corrected chi connectivity index (χ2v) is 7.25. The highest BCUT2D eigenvalue weighted by Gasteiger charge is 2.22. The van der Waals surface area contributed by atoms with Crippen LogP contribution in [0.1, 0.15) is 26.7 Å². The minimum absolute atomic E-state index is 0.00762. The SMILES string of the molecule is CC[C@H](C)[C@H](NCCCS(=O)(=O)c1ccccc1)C(=O)O. The number of benzene rings is 1. The molecular weight excluding hydrogens is 290 g/mol. The number of carbonyl (C=O) groups is 1. The van der Waals surface area contributed by atoms with Crippen molar-refractivity contribution < 1.29 is 18.3 Å². The maximum atomic E-state index is 12.1. The number of hydrogen-bond acceptors (Lipinski definition) is 4. The molecule has 0 aliphatic heterocycles. The van der Waals surface area contributed by atoms with E-state index in [2.05, 4.69) is 5.32 Å². The minimum atomic E-state index is -3.29. The molecule has 118 valence electrons.